The fourth-order valence-electron chi connectivity index (χ4n) is 1.83. The third kappa shape index (κ3) is 3.36. The number of hydrogen-bond donors (Lipinski definition) is 2. The highest BCUT2D eigenvalue weighted by atomic mass is 16.4. The lowest BCUT2D eigenvalue weighted by molar-refractivity contribution is -0.123. The highest BCUT2D eigenvalue weighted by Crippen LogP contribution is 2.28. The van der Waals surface area contributed by atoms with Gasteiger partial charge in [-0.05, 0) is 30.7 Å². The number of carbonyl (C=O) groups excluding carboxylic acids is 1. The van der Waals surface area contributed by atoms with Crippen LogP contribution in [0, 0.1) is 12.3 Å². The van der Waals surface area contributed by atoms with E-state index in [1.807, 2.05) is 39.8 Å². The molecule has 5 nitrogen and oxygen atoms in total. The quantitative estimate of drug-likeness (QED) is 0.900. The number of aromatic carboxylic acids is 1. The summed E-state index contributed by atoms with van der Waals surface area (Å²) in [5.41, 5.74) is 1.82. The molecule has 0 radical (unpaired) electrons. The zero-order valence-electron chi connectivity index (χ0n) is 13.1. The van der Waals surface area contributed by atoms with E-state index in [1.165, 1.54) is 6.07 Å². The van der Waals surface area contributed by atoms with Gasteiger partial charge in [0.25, 0.3) is 0 Å². The van der Waals surface area contributed by atoms with Crippen LogP contribution in [0.2, 0.25) is 0 Å². The molecule has 116 valence electrons. The normalized spacial score (nSPS) is 11.3. The van der Waals surface area contributed by atoms with Crippen LogP contribution in [0.3, 0.4) is 0 Å². The van der Waals surface area contributed by atoms with Crippen molar-refractivity contribution in [1.82, 2.24) is 0 Å². The number of carbonyl (C=O) groups is 2. The molecule has 0 saturated heterocycles. The van der Waals surface area contributed by atoms with E-state index in [-0.39, 0.29) is 11.7 Å². The van der Waals surface area contributed by atoms with E-state index in [9.17, 15) is 9.59 Å². The van der Waals surface area contributed by atoms with Crippen molar-refractivity contribution in [3.05, 3.63) is 41.7 Å². The molecule has 2 aromatic rings. The summed E-state index contributed by atoms with van der Waals surface area (Å²) in [4.78, 5) is 23.0. The number of benzene rings is 1. The Hall–Kier alpha value is -2.56. The van der Waals surface area contributed by atoms with Gasteiger partial charge in [0.05, 0.1) is 0 Å². The lowest BCUT2D eigenvalue weighted by Crippen LogP contribution is -2.27. The molecule has 0 bridgehead atoms. The number of rotatable bonds is 3. The van der Waals surface area contributed by atoms with Gasteiger partial charge in [0.1, 0.15) is 5.76 Å². The van der Waals surface area contributed by atoms with Crippen molar-refractivity contribution in [3.63, 3.8) is 0 Å². The highest BCUT2D eigenvalue weighted by molar-refractivity contribution is 5.95. The molecule has 0 spiro atoms. The minimum absolute atomic E-state index is 0.0848. The van der Waals surface area contributed by atoms with Gasteiger partial charge in [0.15, 0.2) is 0 Å². The van der Waals surface area contributed by atoms with Crippen LogP contribution in [0.4, 0.5) is 5.69 Å². The van der Waals surface area contributed by atoms with Crippen LogP contribution in [0.15, 0.2) is 34.7 Å². The maximum absolute atomic E-state index is 12.1. The van der Waals surface area contributed by atoms with Gasteiger partial charge in [-0.3, -0.25) is 4.79 Å². The zero-order valence-corrected chi connectivity index (χ0v) is 13.1. The van der Waals surface area contributed by atoms with Gasteiger partial charge < -0.3 is 14.8 Å². The minimum Gasteiger partial charge on any atom is -0.475 e. The van der Waals surface area contributed by atoms with E-state index in [0.29, 0.717) is 17.0 Å². The van der Waals surface area contributed by atoms with Crippen LogP contribution in [-0.4, -0.2) is 17.0 Å². The number of aryl methyl sites for hydroxylation is 1. The van der Waals surface area contributed by atoms with Crippen LogP contribution >= 0.6 is 0 Å². The summed E-state index contributed by atoms with van der Waals surface area (Å²) < 4.78 is 5.29. The Labute approximate surface area is 129 Å². The van der Waals surface area contributed by atoms with E-state index >= 15 is 0 Å². The van der Waals surface area contributed by atoms with Crippen LogP contribution in [-0.2, 0) is 4.79 Å². The predicted molar refractivity (Wildman–Crippen MR) is 83.9 cm³/mol. The average molecular weight is 301 g/mol. The van der Waals surface area contributed by atoms with E-state index < -0.39 is 11.4 Å². The molecule has 0 unspecified atom stereocenters. The number of carboxylic acids is 1. The summed E-state index contributed by atoms with van der Waals surface area (Å²) in [5, 5.41) is 11.8. The molecule has 1 aromatic heterocycles. The molecule has 0 fully saturated rings. The summed E-state index contributed by atoms with van der Waals surface area (Å²) >= 11 is 0. The van der Waals surface area contributed by atoms with Gasteiger partial charge in [-0.1, -0.05) is 32.9 Å². The van der Waals surface area contributed by atoms with E-state index in [2.05, 4.69) is 5.32 Å². The van der Waals surface area contributed by atoms with Crippen molar-refractivity contribution >= 4 is 17.6 Å². The SMILES string of the molecule is Cc1ccc(-c2ccc(C(=O)O)o2)cc1NC(=O)C(C)(C)C. The van der Waals surface area contributed by atoms with Crippen LogP contribution in [0.5, 0.6) is 0 Å². The second-order valence-corrected chi connectivity index (χ2v) is 6.20. The summed E-state index contributed by atoms with van der Waals surface area (Å²) in [6, 6.07) is 8.47. The fourth-order valence-corrected chi connectivity index (χ4v) is 1.83. The Morgan fingerprint density at radius 2 is 1.82 bits per heavy atom. The summed E-state index contributed by atoms with van der Waals surface area (Å²) in [6.45, 7) is 7.42. The third-order valence-electron chi connectivity index (χ3n) is 3.27. The summed E-state index contributed by atoms with van der Waals surface area (Å²) in [5.74, 6) is -0.863. The third-order valence-corrected chi connectivity index (χ3v) is 3.27. The van der Waals surface area contributed by atoms with Crippen molar-refractivity contribution < 1.29 is 19.1 Å². The van der Waals surface area contributed by atoms with Gasteiger partial charge in [0, 0.05) is 16.7 Å². The molecule has 0 aliphatic carbocycles. The Kier molecular flexibility index (Phi) is 4.08. The predicted octanol–water partition coefficient (Wildman–Crippen LogP) is 3.94. The summed E-state index contributed by atoms with van der Waals surface area (Å²) in [7, 11) is 0. The van der Waals surface area contributed by atoms with Gasteiger partial charge in [-0.25, -0.2) is 4.79 Å². The Morgan fingerprint density at radius 1 is 1.14 bits per heavy atom. The van der Waals surface area contributed by atoms with Crippen LogP contribution in [0.1, 0.15) is 36.9 Å². The topological polar surface area (TPSA) is 79.5 Å². The van der Waals surface area contributed by atoms with Gasteiger partial charge >= 0.3 is 5.97 Å². The number of carboxylic acid groups (broad SMARTS) is 1. The Balaban J connectivity index is 2.33. The number of nitrogens with one attached hydrogen (secondary N) is 1. The molecule has 0 saturated carbocycles. The number of amides is 1. The molecule has 5 heteroatoms. The van der Waals surface area contributed by atoms with Crippen LogP contribution < -0.4 is 5.32 Å². The molecule has 0 aliphatic rings. The van der Waals surface area contributed by atoms with Gasteiger partial charge in [0.2, 0.25) is 11.7 Å². The maximum Gasteiger partial charge on any atom is 0.371 e. The number of anilines is 1. The van der Waals surface area contributed by atoms with E-state index in [4.69, 9.17) is 9.52 Å². The second kappa shape index (κ2) is 5.67. The molecule has 0 atom stereocenters. The first-order valence-electron chi connectivity index (χ1n) is 6.94. The average Bonchev–Trinajstić information content (AvgIpc) is 2.90. The molecule has 2 N–H and O–H groups in total. The van der Waals surface area contributed by atoms with Crippen molar-refractivity contribution in [2.45, 2.75) is 27.7 Å². The highest BCUT2D eigenvalue weighted by Gasteiger charge is 2.22. The second-order valence-electron chi connectivity index (χ2n) is 6.20. The molecule has 1 heterocycles. The van der Waals surface area contributed by atoms with Crippen molar-refractivity contribution in [3.8, 4) is 11.3 Å². The lowest BCUT2D eigenvalue weighted by atomic mass is 9.95. The van der Waals surface area contributed by atoms with Gasteiger partial charge in [-0.15, -0.1) is 0 Å². The maximum atomic E-state index is 12.1. The Bertz CT molecular complexity index is 723. The molecule has 2 rings (SSSR count). The van der Waals surface area contributed by atoms with E-state index in [0.717, 1.165) is 5.56 Å². The molecular weight excluding hydrogens is 282 g/mol. The lowest BCUT2D eigenvalue weighted by Gasteiger charge is -2.19. The van der Waals surface area contributed by atoms with Gasteiger partial charge in [-0.2, -0.15) is 0 Å². The molecule has 1 aromatic carbocycles. The molecule has 0 aliphatic heterocycles. The summed E-state index contributed by atoms with van der Waals surface area (Å²) in [6.07, 6.45) is 0. The fraction of sp³-hybridized carbons (Fsp3) is 0.294. The first-order chi connectivity index (χ1) is 10.2. The van der Waals surface area contributed by atoms with Crippen LogP contribution in [0.25, 0.3) is 11.3 Å². The van der Waals surface area contributed by atoms with Crippen molar-refractivity contribution in [1.29, 1.82) is 0 Å². The largest absolute Gasteiger partial charge is 0.475 e. The number of hydrogen-bond acceptors (Lipinski definition) is 3. The first kappa shape index (κ1) is 15.8. The minimum atomic E-state index is -1.11. The Morgan fingerprint density at radius 3 is 2.36 bits per heavy atom. The zero-order chi connectivity index (χ0) is 16.5. The first-order valence-corrected chi connectivity index (χ1v) is 6.94. The van der Waals surface area contributed by atoms with E-state index in [1.54, 1.807) is 12.1 Å². The van der Waals surface area contributed by atoms with Crippen molar-refractivity contribution in [2.75, 3.05) is 5.32 Å². The standard InChI is InChI=1S/C17H19NO4/c1-10-5-6-11(13-7-8-14(22-13)15(19)20)9-12(10)18-16(21)17(2,3)4/h5-9H,1-4H3,(H,18,21)(H,19,20). The molecule has 1 amide bonds. The molecular formula is C17H19NO4. The van der Waals surface area contributed by atoms with Crippen molar-refractivity contribution in [2.24, 2.45) is 5.41 Å². The smallest absolute Gasteiger partial charge is 0.371 e. The number of furan rings is 1. The molecule has 22 heavy (non-hydrogen) atoms. The monoisotopic (exact) mass is 301 g/mol.